The number of hydrazine groups is 1. The number of nitrogens with zero attached hydrogens (tertiary/aromatic N) is 4. The number of nitrogen functional groups attached to an aromatic ring is 1. The van der Waals surface area contributed by atoms with Gasteiger partial charge in [0.05, 0.1) is 7.11 Å². The Hall–Kier alpha value is -2.61. The van der Waals surface area contributed by atoms with Gasteiger partial charge in [0.2, 0.25) is 17.8 Å². The Labute approximate surface area is 123 Å². The van der Waals surface area contributed by atoms with Crippen LogP contribution in [0, 0.1) is 0 Å². The standard InChI is InChI=1S/C13H19N7O/c1-20(2)13-17-11(16-12(18-13)19-14)15-8-9-5-4-6-10(7-9)21-3/h4-7H,8,14H2,1-3H3,(H2,15,16,17,18,19). The van der Waals surface area contributed by atoms with Gasteiger partial charge in [-0.25, -0.2) is 5.84 Å². The van der Waals surface area contributed by atoms with Gasteiger partial charge in [-0.2, -0.15) is 15.0 Å². The molecule has 2 rings (SSSR count). The molecule has 0 aliphatic rings. The Morgan fingerprint density at radius 2 is 1.95 bits per heavy atom. The van der Waals surface area contributed by atoms with E-state index in [9.17, 15) is 0 Å². The largest absolute Gasteiger partial charge is 0.497 e. The van der Waals surface area contributed by atoms with Gasteiger partial charge in [0.15, 0.2) is 0 Å². The van der Waals surface area contributed by atoms with Crippen molar-refractivity contribution in [3.63, 3.8) is 0 Å². The normalized spacial score (nSPS) is 10.1. The highest BCUT2D eigenvalue weighted by molar-refractivity contribution is 5.43. The smallest absolute Gasteiger partial charge is 0.243 e. The van der Waals surface area contributed by atoms with Crippen LogP contribution in [0.2, 0.25) is 0 Å². The molecule has 0 amide bonds. The van der Waals surface area contributed by atoms with Gasteiger partial charge >= 0.3 is 0 Å². The second kappa shape index (κ2) is 6.71. The zero-order valence-electron chi connectivity index (χ0n) is 12.3. The fraction of sp³-hybridized carbons (Fsp3) is 0.308. The monoisotopic (exact) mass is 289 g/mol. The van der Waals surface area contributed by atoms with Crippen LogP contribution in [0.15, 0.2) is 24.3 Å². The second-order valence-corrected chi connectivity index (χ2v) is 4.53. The van der Waals surface area contributed by atoms with E-state index in [0.29, 0.717) is 24.4 Å². The van der Waals surface area contributed by atoms with E-state index < -0.39 is 0 Å². The number of rotatable bonds is 6. The Morgan fingerprint density at radius 3 is 2.62 bits per heavy atom. The zero-order chi connectivity index (χ0) is 15.2. The highest BCUT2D eigenvalue weighted by Crippen LogP contribution is 2.15. The average Bonchev–Trinajstić information content (AvgIpc) is 2.52. The molecule has 1 aromatic heterocycles. The molecule has 0 bridgehead atoms. The lowest BCUT2D eigenvalue weighted by molar-refractivity contribution is 0.414. The van der Waals surface area contributed by atoms with Crippen molar-refractivity contribution in [2.24, 2.45) is 5.84 Å². The van der Waals surface area contributed by atoms with Gasteiger partial charge in [0.1, 0.15) is 5.75 Å². The average molecular weight is 289 g/mol. The SMILES string of the molecule is COc1cccc(CNc2nc(NN)nc(N(C)C)n2)c1. The van der Waals surface area contributed by atoms with Crippen LogP contribution in [0.1, 0.15) is 5.56 Å². The maximum absolute atomic E-state index is 5.37. The van der Waals surface area contributed by atoms with Crippen LogP contribution in [0.3, 0.4) is 0 Å². The molecule has 1 heterocycles. The molecule has 0 spiro atoms. The van der Waals surface area contributed by atoms with Gasteiger partial charge < -0.3 is 15.0 Å². The summed E-state index contributed by atoms with van der Waals surface area (Å²) < 4.78 is 5.19. The predicted octanol–water partition coefficient (Wildman–Crippen LogP) is 0.844. The fourth-order valence-corrected chi connectivity index (χ4v) is 1.67. The van der Waals surface area contributed by atoms with Crippen LogP contribution in [0.4, 0.5) is 17.8 Å². The quantitative estimate of drug-likeness (QED) is 0.531. The van der Waals surface area contributed by atoms with Crippen molar-refractivity contribution in [3.8, 4) is 5.75 Å². The number of ether oxygens (including phenoxy) is 1. The van der Waals surface area contributed by atoms with Crippen molar-refractivity contribution in [1.29, 1.82) is 0 Å². The first-order chi connectivity index (χ1) is 10.1. The van der Waals surface area contributed by atoms with Gasteiger partial charge in [0, 0.05) is 20.6 Å². The third-order valence-corrected chi connectivity index (χ3v) is 2.74. The van der Waals surface area contributed by atoms with Crippen LogP contribution in [0.5, 0.6) is 5.75 Å². The first kappa shape index (κ1) is 14.8. The summed E-state index contributed by atoms with van der Waals surface area (Å²) in [5, 5.41) is 3.14. The van der Waals surface area contributed by atoms with E-state index in [1.54, 1.807) is 12.0 Å². The molecule has 0 saturated carbocycles. The molecule has 21 heavy (non-hydrogen) atoms. The van der Waals surface area contributed by atoms with Gasteiger partial charge in [-0.1, -0.05) is 12.1 Å². The van der Waals surface area contributed by atoms with Crippen molar-refractivity contribution < 1.29 is 4.74 Å². The van der Waals surface area contributed by atoms with Crippen LogP contribution in [-0.4, -0.2) is 36.2 Å². The number of benzene rings is 1. The Bertz CT molecular complexity index is 603. The molecule has 8 nitrogen and oxygen atoms in total. The third-order valence-electron chi connectivity index (χ3n) is 2.74. The van der Waals surface area contributed by atoms with E-state index in [2.05, 4.69) is 25.7 Å². The lowest BCUT2D eigenvalue weighted by Crippen LogP contribution is -2.19. The van der Waals surface area contributed by atoms with Crippen molar-refractivity contribution in [3.05, 3.63) is 29.8 Å². The lowest BCUT2D eigenvalue weighted by atomic mass is 10.2. The van der Waals surface area contributed by atoms with Gasteiger partial charge in [-0.05, 0) is 17.7 Å². The number of hydrogen-bond donors (Lipinski definition) is 3. The first-order valence-corrected chi connectivity index (χ1v) is 6.39. The summed E-state index contributed by atoms with van der Waals surface area (Å²) in [6.45, 7) is 0.568. The summed E-state index contributed by atoms with van der Waals surface area (Å²) in [6.07, 6.45) is 0. The minimum atomic E-state index is 0.307. The van der Waals surface area contributed by atoms with Crippen LogP contribution in [-0.2, 0) is 6.54 Å². The number of hydrogen-bond acceptors (Lipinski definition) is 8. The summed E-state index contributed by atoms with van der Waals surface area (Å²) in [6, 6.07) is 7.77. The third kappa shape index (κ3) is 3.93. The van der Waals surface area contributed by atoms with Crippen molar-refractivity contribution in [2.75, 3.05) is 36.8 Å². The van der Waals surface area contributed by atoms with Crippen LogP contribution in [0.25, 0.3) is 0 Å². The summed E-state index contributed by atoms with van der Waals surface area (Å²) in [5.41, 5.74) is 3.49. The summed E-state index contributed by atoms with van der Waals surface area (Å²) in [4.78, 5) is 14.4. The molecule has 1 aromatic carbocycles. The Morgan fingerprint density at radius 1 is 1.19 bits per heavy atom. The molecular formula is C13H19N7O. The number of aromatic nitrogens is 3. The molecule has 0 radical (unpaired) electrons. The molecule has 0 atom stereocenters. The lowest BCUT2D eigenvalue weighted by Gasteiger charge is -2.13. The molecule has 0 unspecified atom stereocenters. The molecule has 4 N–H and O–H groups in total. The van der Waals surface area contributed by atoms with E-state index in [1.807, 2.05) is 38.4 Å². The number of methoxy groups -OCH3 is 1. The highest BCUT2D eigenvalue weighted by Gasteiger charge is 2.07. The van der Waals surface area contributed by atoms with Crippen molar-refractivity contribution >= 4 is 17.8 Å². The molecule has 0 fully saturated rings. The van der Waals surface area contributed by atoms with Gasteiger partial charge in [-0.3, -0.25) is 5.43 Å². The number of nitrogens with one attached hydrogen (secondary N) is 2. The van der Waals surface area contributed by atoms with E-state index in [1.165, 1.54) is 0 Å². The molecule has 0 aliphatic carbocycles. The topological polar surface area (TPSA) is 101 Å². The highest BCUT2D eigenvalue weighted by atomic mass is 16.5. The molecule has 0 saturated heterocycles. The molecule has 8 heteroatoms. The Kier molecular flexibility index (Phi) is 4.72. The summed E-state index contributed by atoms with van der Waals surface area (Å²) in [5.74, 6) is 7.45. The minimum absolute atomic E-state index is 0.307. The maximum Gasteiger partial charge on any atom is 0.243 e. The van der Waals surface area contributed by atoms with Crippen LogP contribution >= 0.6 is 0 Å². The fourth-order valence-electron chi connectivity index (χ4n) is 1.67. The van der Waals surface area contributed by atoms with E-state index >= 15 is 0 Å². The zero-order valence-corrected chi connectivity index (χ0v) is 12.3. The van der Waals surface area contributed by atoms with Crippen molar-refractivity contribution in [2.45, 2.75) is 6.54 Å². The van der Waals surface area contributed by atoms with E-state index in [-0.39, 0.29) is 0 Å². The molecule has 112 valence electrons. The van der Waals surface area contributed by atoms with Crippen LogP contribution < -0.4 is 26.2 Å². The molecule has 0 aliphatic heterocycles. The van der Waals surface area contributed by atoms with E-state index in [4.69, 9.17) is 10.6 Å². The number of anilines is 3. The first-order valence-electron chi connectivity index (χ1n) is 6.39. The second-order valence-electron chi connectivity index (χ2n) is 4.53. The van der Waals surface area contributed by atoms with E-state index in [0.717, 1.165) is 11.3 Å². The van der Waals surface area contributed by atoms with Crippen molar-refractivity contribution in [1.82, 2.24) is 15.0 Å². The minimum Gasteiger partial charge on any atom is -0.497 e. The summed E-state index contributed by atoms with van der Waals surface area (Å²) in [7, 11) is 5.34. The Balaban J connectivity index is 2.13. The number of nitrogens with two attached hydrogens (primary N) is 1. The molecular weight excluding hydrogens is 270 g/mol. The summed E-state index contributed by atoms with van der Waals surface area (Å²) >= 11 is 0. The predicted molar refractivity (Wildman–Crippen MR) is 82.3 cm³/mol. The molecule has 2 aromatic rings. The van der Waals surface area contributed by atoms with Gasteiger partial charge in [0.25, 0.3) is 0 Å². The van der Waals surface area contributed by atoms with Gasteiger partial charge in [-0.15, -0.1) is 0 Å². The maximum atomic E-state index is 5.37.